The van der Waals surface area contributed by atoms with Crippen LogP contribution < -0.4 is 10.6 Å². The number of nitrogens with zero attached hydrogens (tertiary/aromatic N) is 1. The molecule has 1 aliphatic carbocycles. The predicted octanol–water partition coefficient (Wildman–Crippen LogP) is 4.69. The second-order valence-electron chi connectivity index (χ2n) is 8.38. The van der Waals surface area contributed by atoms with Gasteiger partial charge in [-0.25, -0.2) is 17.5 Å². The van der Waals surface area contributed by atoms with Gasteiger partial charge in [-0.1, -0.05) is 35.4 Å². The number of benzene rings is 2. The highest BCUT2D eigenvalue weighted by Crippen LogP contribution is 2.26. The molecule has 2 aromatic rings. The maximum atomic E-state index is 12.7. The van der Waals surface area contributed by atoms with Crippen molar-refractivity contribution in [2.24, 2.45) is 0 Å². The standard InChI is InChI=1S/C25H30ClN3O5S/c1-29(2)35(32,33)19-12-13-21(26)23(16-19)28-24(30)17-34-25(31)20-10-6-7-11-22(20)27-15-14-18-8-4-3-5-9-18/h6-8,10-13,16,27H,3-5,9,14-15,17H2,1-2H3,(H,28,30). The summed E-state index contributed by atoms with van der Waals surface area (Å²) in [7, 11) is -0.897. The van der Waals surface area contributed by atoms with Crippen molar-refractivity contribution < 1.29 is 22.7 Å². The smallest absolute Gasteiger partial charge is 0.340 e. The number of halogens is 1. The molecular weight excluding hydrogens is 490 g/mol. The normalized spacial score (nSPS) is 13.8. The van der Waals surface area contributed by atoms with Crippen molar-refractivity contribution in [3.05, 3.63) is 64.7 Å². The first-order valence-corrected chi connectivity index (χ1v) is 13.2. The van der Waals surface area contributed by atoms with Crippen LogP contribution in [0.1, 0.15) is 42.5 Å². The number of carbonyl (C=O) groups is 2. The van der Waals surface area contributed by atoms with Crippen LogP contribution in [0.3, 0.4) is 0 Å². The fourth-order valence-electron chi connectivity index (χ4n) is 3.67. The van der Waals surface area contributed by atoms with Crippen molar-refractivity contribution in [2.75, 3.05) is 37.9 Å². The number of sulfonamides is 1. The summed E-state index contributed by atoms with van der Waals surface area (Å²) in [6.07, 6.45) is 7.91. The minimum absolute atomic E-state index is 0.0248. The fourth-order valence-corrected chi connectivity index (χ4v) is 4.76. The van der Waals surface area contributed by atoms with Crippen LogP contribution in [-0.4, -0.2) is 51.8 Å². The van der Waals surface area contributed by atoms with Crippen LogP contribution in [0.2, 0.25) is 5.02 Å². The number of ether oxygens (including phenoxy) is 1. The number of carbonyl (C=O) groups excluding carboxylic acids is 2. The maximum Gasteiger partial charge on any atom is 0.340 e. The van der Waals surface area contributed by atoms with Gasteiger partial charge in [0, 0.05) is 26.3 Å². The third kappa shape index (κ3) is 7.30. The van der Waals surface area contributed by atoms with Gasteiger partial charge in [0.05, 0.1) is 21.2 Å². The average Bonchev–Trinajstić information content (AvgIpc) is 2.84. The molecule has 188 valence electrons. The van der Waals surface area contributed by atoms with Crippen LogP contribution in [0, 0.1) is 0 Å². The molecular formula is C25H30ClN3O5S. The van der Waals surface area contributed by atoms with Crippen LogP contribution in [0.15, 0.2) is 59.0 Å². The van der Waals surface area contributed by atoms with E-state index in [1.165, 1.54) is 50.7 Å². The lowest BCUT2D eigenvalue weighted by atomic mass is 9.97. The molecule has 0 saturated carbocycles. The molecule has 0 bridgehead atoms. The maximum absolute atomic E-state index is 12.7. The van der Waals surface area contributed by atoms with E-state index in [4.69, 9.17) is 16.3 Å². The lowest BCUT2D eigenvalue weighted by Crippen LogP contribution is -2.23. The Kier molecular flexibility index (Phi) is 9.31. The SMILES string of the molecule is CN(C)S(=O)(=O)c1ccc(Cl)c(NC(=O)COC(=O)c2ccccc2NCCC2=CCCCC2)c1. The van der Waals surface area contributed by atoms with Gasteiger partial charge < -0.3 is 15.4 Å². The van der Waals surface area contributed by atoms with E-state index in [1.54, 1.807) is 18.2 Å². The highest BCUT2D eigenvalue weighted by atomic mass is 35.5. The van der Waals surface area contributed by atoms with Gasteiger partial charge in [-0.3, -0.25) is 4.79 Å². The first-order valence-electron chi connectivity index (χ1n) is 11.4. The Morgan fingerprint density at radius 2 is 1.86 bits per heavy atom. The summed E-state index contributed by atoms with van der Waals surface area (Å²) in [6.45, 7) is 0.141. The number of para-hydroxylation sites is 1. The highest BCUT2D eigenvalue weighted by Gasteiger charge is 2.20. The summed E-state index contributed by atoms with van der Waals surface area (Å²) in [5.41, 5.74) is 2.50. The summed E-state index contributed by atoms with van der Waals surface area (Å²) >= 11 is 6.11. The minimum atomic E-state index is -3.71. The zero-order valence-electron chi connectivity index (χ0n) is 19.8. The van der Waals surface area contributed by atoms with Crippen LogP contribution in [0.5, 0.6) is 0 Å². The van der Waals surface area contributed by atoms with Crippen LogP contribution >= 0.6 is 11.6 Å². The fraction of sp³-hybridized carbons (Fsp3) is 0.360. The quantitative estimate of drug-likeness (QED) is 0.348. The Morgan fingerprint density at radius 3 is 2.57 bits per heavy atom. The number of rotatable bonds is 10. The van der Waals surface area contributed by atoms with Gasteiger partial charge in [0.25, 0.3) is 5.91 Å². The molecule has 2 N–H and O–H groups in total. The largest absolute Gasteiger partial charge is 0.452 e. The number of hydrogen-bond donors (Lipinski definition) is 2. The number of anilines is 2. The topological polar surface area (TPSA) is 105 Å². The Balaban J connectivity index is 1.58. The average molecular weight is 520 g/mol. The van der Waals surface area contributed by atoms with Crippen molar-refractivity contribution in [3.63, 3.8) is 0 Å². The molecule has 0 aromatic heterocycles. The number of esters is 1. The Bertz CT molecular complexity index is 1210. The van der Waals surface area contributed by atoms with Gasteiger partial charge in [0.1, 0.15) is 0 Å². The van der Waals surface area contributed by atoms with Gasteiger partial charge in [0.15, 0.2) is 6.61 Å². The lowest BCUT2D eigenvalue weighted by molar-refractivity contribution is -0.119. The third-order valence-electron chi connectivity index (χ3n) is 5.62. The van der Waals surface area contributed by atoms with E-state index >= 15 is 0 Å². The van der Waals surface area contributed by atoms with Crippen LogP contribution in [0.25, 0.3) is 0 Å². The number of hydrogen-bond acceptors (Lipinski definition) is 6. The van der Waals surface area contributed by atoms with Gasteiger partial charge in [-0.05, 0) is 62.4 Å². The molecule has 0 spiro atoms. The monoisotopic (exact) mass is 519 g/mol. The van der Waals surface area contributed by atoms with E-state index in [9.17, 15) is 18.0 Å². The summed E-state index contributed by atoms with van der Waals surface area (Å²) in [4.78, 5) is 25.0. The van der Waals surface area contributed by atoms with Gasteiger partial charge in [-0.2, -0.15) is 0 Å². The first-order chi connectivity index (χ1) is 16.7. The summed E-state index contributed by atoms with van der Waals surface area (Å²) in [5, 5.41) is 5.94. The van der Waals surface area contributed by atoms with Crippen LogP contribution in [-0.2, 0) is 19.6 Å². The van der Waals surface area contributed by atoms with Gasteiger partial charge in [0.2, 0.25) is 10.0 Å². The zero-order chi connectivity index (χ0) is 25.4. The van der Waals surface area contributed by atoms with Crippen molar-refractivity contribution >= 4 is 44.9 Å². The van der Waals surface area contributed by atoms with E-state index in [0.717, 1.165) is 23.6 Å². The molecule has 0 aliphatic heterocycles. The molecule has 10 heteroatoms. The number of amides is 1. The van der Waals surface area contributed by atoms with E-state index in [0.29, 0.717) is 17.8 Å². The lowest BCUT2D eigenvalue weighted by Gasteiger charge is -2.15. The van der Waals surface area contributed by atoms with Crippen LogP contribution in [0.4, 0.5) is 11.4 Å². The van der Waals surface area contributed by atoms with E-state index in [1.807, 2.05) is 6.07 Å². The molecule has 0 atom stereocenters. The minimum Gasteiger partial charge on any atom is -0.452 e. The van der Waals surface area contributed by atoms with Crippen molar-refractivity contribution in [2.45, 2.75) is 37.0 Å². The zero-order valence-corrected chi connectivity index (χ0v) is 21.4. The molecule has 2 aromatic carbocycles. The first kappa shape index (κ1) is 26.7. The molecule has 1 aliphatic rings. The summed E-state index contributed by atoms with van der Waals surface area (Å²) in [6, 6.07) is 11.0. The number of allylic oxidation sites excluding steroid dienone is 1. The molecule has 0 heterocycles. The molecule has 8 nitrogen and oxygen atoms in total. The molecule has 0 fully saturated rings. The molecule has 1 amide bonds. The molecule has 35 heavy (non-hydrogen) atoms. The van der Waals surface area contributed by atoms with E-state index in [-0.39, 0.29) is 15.6 Å². The summed E-state index contributed by atoms with van der Waals surface area (Å²) < 4.78 is 30.9. The third-order valence-corrected chi connectivity index (χ3v) is 7.76. The molecule has 0 unspecified atom stereocenters. The van der Waals surface area contributed by atoms with E-state index in [2.05, 4.69) is 16.7 Å². The number of nitrogens with one attached hydrogen (secondary N) is 2. The summed E-state index contributed by atoms with van der Waals surface area (Å²) in [5.74, 6) is -1.29. The predicted molar refractivity (Wildman–Crippen MR) is 137 cm³/mol. The van der Waals surface area contributed by atoms with Crippen molar-refractivity contribution in [1.82, 2.24) is 4.31 Å². The molecule has 0 saturated heterocycles. The molecule has 0 radical (unpaired) electrons. The second kappa shape index (κ2) is 12.2. The van der Waals surface area contributed by atoms with Crippen molar-refractivity contribution in [1.29, 1.82) is 0 Å². The Labute approximate surface area is 211 Å². The van der Waals surface area contributed by atoms with Crippen molar-refractivity contribution in [3.8, 4) is 0 Å². The van der Waals surface area contributed by atoms with Gasteiger partial charge in [-0.15, -0.1) is 0 Å². The Hall–Kier alpha value is -2.88. The molecule has 3 rings (SSSR count). The van der Waals surface area contributed by atoms with E-state index < -0.39 is 28.5 Å². The van der Waals surface area contributed by atoms with Gasteiger partial charge >= 0.3 is 5.97 Å². The Morgan fingerprint density at radius 1 is 1.09 bits per heavy atom. The second-order valence-corrected chi connectivity index (χ2v) is 10.9. The highest BCUT2D eigenvalue weighted by molar-refractivity contribution is 7.89.